The van der Waals surface area contributed by atoms with E-state index in [2.05, 4.69) is 20.8 Å². The van der Waals surface area contributed by atoms with Gasteiger partial charge in [-0.15, -0.1) is 11.6 Å². The van der Waals surface area contributed by atoms with Crippen molar-refractivity contribution in [1.29, 1.82) is 0 Å². The largest absolute Gasteiger partial charge is 0.383 e. The molecular weight excluding hydrogens is 206 g/mol. The number of aryl methyl sites for hydroxylation is 1. The summed E-state index contributed by atoms with van der Waals surface area (Å²) in [5, 5.41) is 14.2. The molecular formula is C7H14ClN5O. The topological polar surface area (TPSA) is 64.9 Å². The van der Waals surface area contributed by atoms with Crippen LogP contribution in [-0.2, 0) is 11.8 Å². The molecule has 1 aromatic rings. The van der Waals surface area contributed by atoms with E-state index in [1.807, 2.05) is 0 Å². The Labute approximate surface area is 87.6 Å². The average Bonchev–Trinajstić information content (AvgIpc) is 2.53. The Hall–Kier alpha value is -0.880. The number of tetrazole rings is 1. The minimum Gasteiger partial charge on any atom is -0.383 e. The Bertz CT molecular complexity index is 260. The van der Waals surface area contributed by atoms with E-state index in [4.69, 9.17) is 16.3 Å². The number of hydrogen-bond donors (Lipinski definition) is 1. The van der Waals surface area contributed by atoms with Crippen LogP contribution >= 0.6 is 11.6 Å². The molecule has 7 heteroatoms. The van der Waals surface area contributed by atoms with Gasteiger partial charge in [0, 0.05) is 20.0 Å². The maximum Gasteiger partial charge on any atom is 0.242 e. The predicted octanol–water partition coefficient (Wildman–Crippen LogP) is 0.266. The minimum atomic E-state index is 0.141. The normalized spacial score (nSPS) is 12.8. The molecule has 6 nitrogen and oxygen atoms in total. The third kappa shape index (κ3) is 3.12. The van der Waals surface area contributed by atoms with Gasteiger partial charge in [0.15, 0.2) is 0 Å². The number of hydrogen-bond acceptors (Lipinski definition) is 5. The Morgan fingerprint density at radius 3 is 2.93 bits per heavy atom. The molecule has 1 unspecified atom stereocenters. The van der Waals surface area contributed by atoms with Gasteiger partial charge < -0.3 is 10.1 Å². The van der Waals surface area contributed by atoms with Gasteiger partial charge in [-0.3, -0.25) is 0 Å². The fraction of sp³-hybridized carbons (Fsp3) is 0.857. The van der Waals surface area contributed by atoms with Crippen LogP contribution in [0.1, 0.15) is 6.42 Å². The van der Waals surface area contributed by atoms with E-state index in [0.717, 1.165) is 6.42 Å². The molecule has 0 radical (unpaired) electrons. The zero-order valence-electron chi connectivity index (χ0n) is 8.27. The third-order valence-corrected chi connectivity index (χ3v) is 2.00. The molecule has 0 amide bonds. The van der Waals surface area contributed by atoms with Crippen LogP contribution in [-0.4, -0.2) is 45.8 Å². The van der Waals surface area contributed by atoms with Crippen molar-refractivity contribution in [2.24, 2.45) is 7.05 Å². The molecule has 1 heterocycles. The number of aromatic nitrogens is 4. The summed E-state index contributed by atoms with van der Waals surface area (Å²) < 4.78 is 6.61. The van der Waals surface area contributed by atoms with Gasteiger partial charge in [-0.2, -0.15) is 0 Å². The van der Waals surface area contributed by atoms with Crippen LogP contribution in [0, 0.1) is 0 Å². The summed E-state index contributed by atoms with van der Waals surface area (Å²) in [6.45, 7) is 0.583. The maximum absolute atomic E-state index is 5.66. The van der Waals surface area contributed by atoms with E-state index in [1.54, 1.807) is 18.8 Å². The number of halogens is 1. The van der Waals surface area contributed by atoms with Gasteiger partial charge in [0.25, 0.3) is 0 Å². The van der Waals surface area contributed by atoms with E-state index in [0.29, 0.717) is 18.4 Å². The van der Waals surface area contributed by atoms with Crippen LogP contribution in [0.2, 0.25) is 0 Å². The Balaban J connectivity index is 2.50. The molecule has 0 fully saturated rings. The van der Waals surface area contributed by atoms with Crippen LogP contribution in [0.4, 0.5) is 5.95 Å². The quantitative estimate of drug-likeness (QED) is 0.696. The number of ether oxygens (including phenoxy) is 1. The molecule has 0 bridgehead atoms. The third-order valence-electron chi connectivity index (χ3n) is 1.78. The molecule has 0 aliphatic heterocycles. The van der Waals surface area contributed by atoms with Gasteiger partial charge in [-0.25, -0.2) is 4.68 Å². The van der Waals surface area contributed by atoms with Crippen LogP contribution in [0.15, 0.2) is 0 Å². The second kappa shape index (κ2) is 5.77. The molecule has 1 aromatic heterocycles. The first-order chi connectivity index (χ1) is 6.77. The Morgan fingerprint density at radius 2 is 2.43 bits per heavy atom. The molecule has 0 aliphatic carbocycles. The van der Waals surface area contributed by atoms with Crippen molar-refractivity contribution in [2.75, 3.05) is 24.9 Å². The first kappa shape index (κ1) is 11.2. The van der Waals surface area contributed by atoms with E-state index < -0.39 is 0 Å². The summed E-state index contributed by atoms with van der Waals surface area (Å²) in [6.07, 6.45) is 0.808. The number of rotatable bonds is 6. The van der Waals surface area contributed by atoms with Crippen LogP contribution in [0.3, 0.4) is 0 Å². The van der Waals surface area contributed by atoms with Gasteiger partial charge in [-0.05, 0) is 16.8 Å². The summed E-state index contributed by atoms with van der Waals surface area (Å²) in [5.41, 5.74) is 0. The fourth-order valence-electron chi connectivity index (χ4n) is 1.06. The lowest BCUT2D eigenvalue weighted by atomic mass is 10.2. The molecule has 0 saturated heterocycles. The van der Waals surface area contributed by atoms with Crippen molar-refractivity contribution in [3.8, 4) is 0 Å². The lowest BCUT2D eigenvalue weighted by molar-refractivity contribution is 0.184. The molecule has 0 aromatic carbocycles. The van der Waals surface area contributed by atoms with E-state index in [-0.39, 0.29) is 6.04 Å². The number of anilines is 1. The number of methoxy groups -OCH3 is 1. The highest BCUT2D eigenvalue weighted by Gasteiger charge is 2.10. The molecule has 0 aliphatic rings. The average molecular weight is 220 g/mol. The van der Waals surface area contributed by atoms with Crippen molar-refractivity contribution < 1.29 is 4.74 Å². The fourth-order valence-corrected chi connectivity index (χ4v) is 1.33. The summed E-state index contributed by atoms with van der Waals surface area (Å²) >= 11 is 5.66. The Kier molecular flexibility index (Phi) is 4.61. The van der Waals surface area contributed by atoms with Gasteiger partial charge in [0.05, 0.1) is 12.6 Å². The Morgan fingerprint density at radius 1 is 1.64 bits per heavy atom. The summed E-state index contributed by atoms with van der Waals surface area (Å²) in [7, 11) is 3.42. The van der Waals surface area contributed by atoms with Crippen molar-refractivity contribution in [3.63, 3.8) is 0 Å². The predicted molar refractivity (Wildman–Crippen MR) is 53.4 cm³/mol. The van der Waals surface area contributed by atoms with Gasteiger partial charge in [-0.1, -0.05) is 5.10 Å². The lowest BCUT2D eigenvalue weighted by Gasteiger charge is -2.15. The molecule has 1 atom stereocenters. The molecule has 1 rings (SSSR count). The summed E-state index contributed by atoms with van der Waals surface area (Å²) in [6, 6.07) is 0.141. The van der Waals surface area contributed by atoms with Crippen molar-refractivity contribution >= 4 is 17.5 Å². The number of nitrogens with one attached hydrogen (secondary N) is 1. The molecule has 0 saturated carbocycles. The van der Waals surface area contributed by atoms with Gasteiger partial charge in [0.2, 0.25) is 5.95 Å². The highest BCUT2D eigenvalue weighted by atomic mass is 35.5. The zero-order valence-corrected chi connectivity index (χ0v) is 9.03. The minimum absolute atomic E-state index is 0.141. The van der Waals surface area contributed by atoms with Crippen molar-refractivity contribution in [2.45, 2.75) is 12.5 Å². The summed E-state index contributed by atoms with van der Waals surface area (Å²) in [4.78, 5) is 0. The van der Waals surface area contributed by atoms with Gasteiger partial charge >= 0.3 is 0 Å². The lowest BCUT2D eigenvalue weighted by Crippen LogP contribution is -2.27. The molecule has 0 spiro atoms. The maximum atomic E-state index is 5.66. The molecule has 1 N–H and O–H groups in total. The van der Waals surface area contributed by atoms with Crippen LogP contribution in [0.25, 0.3) is 0 Å². The first-order valence-electron chi connectivity index (χ1n) is 4.31. The van der Waals surface area contributed by atoms with Crippen LogP contribution < -0.4 is 5.32 Å². The highest BCUT2D eigenvalue weighted by molar-refractivity contribution is 6.17. The van der Waals surface area contributed by atoms with E-state index in [1.165, 1.54) is 0 Å². The smallest absolute Gasteiger partial charge is 0.242 e. The van der Waals surface area contributed by atoms with Crippen LogP contribution in [0.5, 0.6) is 0 Å². The second-order valence-electron chi connectivity index (χ2n) is 2.90. The standard InChI is InChI=1S/C7H14ClN5O/c1-13-7(10-11-12-13)9-6(3-4-8)5-14-2/h6H,3-5H2,1-2H3,(H,9,10,12). The van der Waals surface area contributed by atoms with Crippen molar-refractivity contribution in [1.82, 2.24) is 20.2 Å². The number of alkyl halides is 1. The molecule has 80 valence electrons. The molecule has 14 heavy (non-hydrogen) atoms. The SMILES string of the molecule is COCC(CCCl)Nc1nnnn1C. The van der Waals surface area contributed by atoms with Gasteiger partial charge in [0.1, 0.15) is 0 Å². The van der Waals surface area contributed by atoms with E-state index in [9.17, 15) is 0 Å². The number of nitrogens with zero attached hydrogens (tertiary/aromatic N) is 4. The van der Waals surface area contributed by atoms with Crippen molar-refractivity contribution in [3.05, 3.63) is 0 Å². The second-order valence-corrected chi connectivity index (χ2v) is 3.28. The monoisotopic (exact) mass is 219 g/mol. The first-order valence-corrected chi connectivity index (χ1v) is 4.85. The highest BCUT2D eigenvalue weighted by Crippen LogP contribution is 2.04. The zero-order chi connectivity index (χ0) is 10.4. The summed E-state index contributed by atoms with van der Waals surface area (Å²) in [5.74, 6) is 1.20. The van der Waals surface area contributed by atoms with E-state index >= 15 is 0 Å².